The summed E-state index contributed by atoms with van der Waals surface area (Å²) in [5, 5.41) is 0. The van der Waals surface area contributed by atoms with Crippen molar-refractivity contribution in [2.75, 3.05) is 14.2 Å². The number of carbonyl (C=O) groups excluding carboxylic acids is 2. The van der Waals surface area contributed by atoms with Crippen LogP contribution in [0.25, 0.3) is 0 Å². The molecule has 0 bridgehead atoms. The molecule has 1 saturated carbocycles. The van der Waals surface area contributed by atoms with E-state index in [0.29, 0.717) is 19.3 Å². The predicted octanol–water partition coefficient (Wildman–Crippen LogP) is 2.17. The number of ether oxygens (including phenoxy) is 2. The van der Waals surface area contributed by atoms with Crippen molar-refractivity contribution in [1.82, 2.24) is 0 Å². The average Bonchev–Trinajstić information content (AvgIpc) is 2.68. The van der Waals surface area contributed by atoms with E-state index in [9.17, 15) is 9.59 Å². The van der Waals surface area contributed by atoms with Gasteiger partial charge in [-0.05, 0) is 32.1 Å². The number of hydrogen-bond donors (Lipinski definition) is 0. The van der Waals surface area contributed by atoms with Gasteiger partial charge in [-0.2, -0.15) is 0 Å². The van der Waals surface area contributed by atoms with E-state index in [1.807, 2.05) is 20.8 Å². The number of rotatable bonds is 3. The summed E-state index contributed by atoms with van der Waals surface area (Å²) in [7, 11) is 2.79. The molecule has 0 heterocycles. The van der Waals surface area contributed by atoms with Crippen LogP contribution in [0.15, 0.2) is 0 Å². The Balaban J connectivity index is 3.01. The van der Waals surface area contributed by atoms with Gasteiger partial charge >= 0.3 is 11.9 Å². The van der Waals surface area contributed by atoms with Crippen LogP contribution in [-0.2, 0) is 19.1 Å². The molecule has 1 aliphatic rings. The van der Waals surface area contributed by atoms with Gasteiger partial charge in [0.2, 0.25) is 0 Å². The highest BCUT2D eigenvalue weighted by atomic mass is 16.5. The minimum Gasteiger partial charge on any atom is -0.469 e. The molecule has 2 atom stereocenters. The lowest BCUT2D eigenvalue weighted by molar-refractivity contribution is -0.158. The normalized spacial score (nSPS) is 32.6. The van der Waals surface area contributed by atoms with Crippen molar-refractivity contribution in [3.05, 3.63) is 0 Å². The Hall–Kier alpha value is -1.06. The molecule has 1 aliphatic carbocycles. The third-order valence-electron chi connectivity index (χ3n) is 4.20. The fourth-order valence-electron chi connectivity index (χ4n) is 2.90. The van der Waals surface area contributed by atoms with Gasteiger partial charge in [0, 0.05) is 0 Å². The zero-order chi connectivity index (χ0) is 13.3. The summed E-state index contributed by atoms with van der Waals surface area (Å²) in [5.74, 6) is -0.287. The molecule has 98 valence electrons. The predicted molar refractivity (Wildman–Crippen MR) is 63.3 cm³/mol. The molecule has 0 aromatic carbocycles. The lowest BCUT2D eigenvalue weighted by Gasteiger charge is -2.32. The maximum atomic E-state index is 12.0. The van der Waals surface area contributed by atoms with E-state index in [1.54, 1.807) is 0 Å². The highest BCUT2D eigenvalue weighted by Crippen LogP contribution is 2.54. The average molecular weight is 242 g/mol. The number of carbonyl (C=O) groups is 2. The minimum absolute atomic E-state index is 0.154. The third-order valence-corrected chi connectivity index (χ3v) is 4.20. The molecule has 0 radical (unpaired) electrons. The summed E-state index contributed by atoms with van der Waals surface area (Å²) in [6.07, 6.45) is 1.87. The largest absolute Gasteiger partial charge is 0.469 e. The summed E-state index contributed by atoms with van der Waals surface area (Å²) in [5.41, 5.74) is -1.11. The van der Waals surface area contributed by atoms with Gasteiger partial charge in [-0.1, -0.05) is 13.8 Å². The lowest BCUT2D eigenvalue weighted by Crippen LogP contribution is -2.37. The minimum atomic E-state index is -0.562. The van der Waals surface area contributed by atoms with Crippen molar-refractivity contribution in [3.63, 3.8) is 0 Å². The lowest BCUT2D eigenvalue weighted by atomic mass is 9.73. The molecular formula is C13H22O4. The van der Waals surface area contributed by atoms with Crippen molar-refractivity contribution in [1.29, 1.82) is 0 Å². The SMILES string of the molecule is COC(=O)C1(C)CCC(C(=O)OC)(C(C)C)C1. The van der Waals surface area contributed by atoms with Crippen molar-refractivity contribution in [3.8, 4) is 0 Å². The molecule has 4 heteroatoms. The standard InChI is InChI=1S/C13H22O4/c1-9(2)13(11(15)17-5)7-6-12(3,8-13)10(14)16-4/h9H,6-8H2,1-5H3. The van der Waals surface area contributed by atoms with E-state index in [4.69, 9.17) is 9.47 Å². The molecule has 2 unspecified atom stereocenters. The Morgan fingerprint density at radius 3 is 2.00 bits per heavy atom. The number of hydrogen-bond acceptors (Lipinski definition) is 4. The van der Waals surface area contributed by atoms with Crippen molar-refractivity contribution < 1.29 is 19.1 Å². The monoisotopic (exact) mass is 242 g/mol. The third kappa shape index (κ3) is 2.17. The van der Waals surface area contributed by atoms with Crippen LogP contribution in [0.2, 0.25) is 0 Å². The first-order valence-electron chi connectivity index (χ1n) is 5.99. The van der Waals surface area contributed by atoms with Gasteiger partial charge < -0.3 is 9.47 Å². The maximum Gasteiger partial charge on any atom is 0.312 e. The molecule has 1 rings (SSSR count). The highest BCUT2D eigenvalue weighted by Gasteiger charge is 2.56. The summed E-state index contributed by atoms with van der Waals surface area (Å²) in [6, 6.07) is 0. The molecule has 0 aromatic rings. The van der Waals surface area contributed by atoms with Gasteiger partial charge in [-0.3, -0.25) is 9.59 Å². The molecule has 1 fully saturated rings. The molecule has 0 amide bonds. The van der Waals surface area contributed by atoms with Gasteiger partial charge in [-0.25, -0.2) is 0 Å². The molecule has 4 nitrogen and oxygen atoms in total. The first kappa shape index (κ1) is 14.0. The van der Waals surface area contributed by atoms with Crippen molar-refractivity contribution in [2.24, 2.45) is 16.7 Å². The van der Waals surface area contributed by atoms with E-state index < -0.39 is 10.8 Å². The molecule has 0 spiro atoms. The van der Waals surface area contributed by atoms with Crippen LogP contribution in [0.3, 0.4) is 0 Å². The second-order valence-electron chi connectivity index (χ2n) is 5.53. The molecule has 0 N–H and O–H groups in total. The van der Waals surface area contributed by atoms with E-state index in [2.05, 4.69) is 0 Å². The number of esters is 2. The number of methoxy groups -OCH3 is 2. The van der Waals surface area contributed by atoms with Crippen LogP contribution >= 0.6 is 0 Å². The van der Waals surface area contributed by atoms with Crippen molar-refractivity contribution >= 4 is 11.9 Å². The van der Waals surface area contributed by atoms with Crippen LogP contribution in [0, 0.1) is 16.7 Å². The van der Waals surface area contributed by atoms with Gasteiger partial charge in [0.1, 0.15) is 0 Å². The fraction of sp³-hybridized carbons (Fsp3) is 0.846. The zero-order valence-electron chi connectivity index (χ0n) is 11.3. The van der Waals surface area contributed by atoms with Gasteiger partial charge in [0.05, 0.1) is 25.0 Å². The van der Waals surface area contributed by atoms with Crippen LogP contribution in [0.1, 0.15) is 40.0 Å². The van der Waals surface area contributed by atoms with Gasteiger partial charge in [0.15, 0.2) is 0 Å². The quantitative estimate of drug-likeness (QED) is 0.712. The first-order valence-corrected chi connectivity index (χ1v) is 5.99. The maximum absolute atomic E-state index is 12.0. The summed E-state index contributed by atoms with van der Waals surface area (Å²) >= 11 is 0. The molecular weight excluding hydrogens is 220 g/mol. The zero-order valence-corrected chi connectivity index (χ0v) is 11.3. The fourth-order valence-corrected chi connectivity index (χ4v) is 2.90. The molecule has 17 heavy (non-hydrogen) atoms. The molecule has 0 aliphatic heterocycles. The van der Waals surface area contributed by atoms with Crippen LogP contribution < -0.4 is 0 Å². The van der Waals surface area contributed by atoms with Crippen LogP contribution in [0.5, 0.6) is 0 Å². The molecule has 0 saturated heterocycles. The van der Waals surface area contributed by atoms with E-state index in [-0.39, 0.29) is 17.9 Å². The summed E-state index contributed by atoms with van der Waals surface area (Å²) in [4.78, 5) is 23.8. The van der Waals surface area contributed by atoms with E-state index in [1.165, 1.54) is 14.2 Å². The second kappa shape index (κ2) is 4.67. The van der Waals surface area contributed by atoms with E-state index >= 15 is 0 Å². The van der Waals surface area contributed by atoms with E-state index in [0.717, 1.165) is 0 Å². The summed E-state index contributed by atoms with van der Waals surface area (Å²) < 4.78 is 9.75. The Morgan fingerprint density at radius 2 is 1.59 bits per heavy atom. The molecule has 0 aromatic heterocycles. The second-order valence-corrected chi connectivity index (χ2v) is 5.53. The van der Waals surface area contributed by atoms with Crippen LogP contribution in [-0.4, -0.2) is 26.2 Å². The van der Waals surface area contributed by atoms with Gasteiger partial charge in [0.25, 0.3) is 0 Å². The van der Waals surface area contributed by atoms with Gasteiger partial charge in [-0.15, -0.1) is 0 Å². The Bertz CT molecular complexity index is 323. The van der Waals surface area contributed by atoms with Crippen molar-refractivity contribution in [2.45, 2.75) is 40.0 Å². The van der Waals surface area contributed by atoms with Crippen LogP contribution in [0.4, 0.5) is 0 Å². The Kier molecular flexibility index (Phi) is 3.84. The Labute approximate surface area is 103 Å². The Morgan fingerprint density at radius 1 is 1.06 bits per heavy atom. The smallest absolute Gasteiger partial charge is 0.312 e. The first-order chi connectivity index (χ1) is 7.82. The summed E-state index contributed by atoms with van der Waals surface area (Å²) in [6.45, 7) is 5.87. The highest BCUT2D eigenvalue weighted by molar-refractivity contribution is 5.82. The topological polar surface area (TPSA) is 52.6 Å².